The molecule has 0 aliphatic carbocycles. The van der Waals surface area contributed by atoms with E-state index in [4.69, 9.17) is 4.74 Å². The fraction of sp³-hybridized carbons (Fsp3) is 0.375. The third-order valence-electron chi connectivity index (χ3n) is 2.94. The van der Waals surface area contributed by atoms with Gasteiger partial charge < -0.3 is 10.1 Å². The van der Waals surface area contributed by atoms with Crippen molar-refractivity contribution < 1.29 is 9.53 Å². The summed E-state index contributed by atoms with van der Waals surface area (Å²) in [7, 11) is 0. The van der Waals surface area contributed by atoms with Gasteiger partial charge in [-0.05, 0) is 44.0 Å². The van der Waals surface area contributed by atoms with Gasteiger partial charge in [0.1, 0.15) is 5.75 Å². The van der Waals surface area contributed by atoms with Gasteiger partial charge in [-0.1, -0.05) is 6.07 Å². The average Bonchev–Trinajstić information content (AvgIpc) is 2.81. The lowest BCUT2D eigenvalue weighted by Gasteiger charge is -2.08. The second kappa shape index (κ2) is 7.22. The van der Waals surface area contributed by atoms with Crippen molar-refractivity contribution in [2.75, 3.05) is 13.2 Å². The van der Waals surface area contributed by atoms with Gasteiger partial charge in [0.25, 0.3) is 5.91 Å². The minimum atomic E-state index is -0.110. The van der Waals surface area contributed by atoms with Crippen LogP contribution in [0.4, 0.5) is 0 Å². The number of nitrogens with zero attached hydrogens (tertiary/aromatic N) is 1. The molecule has 1 N–H and O–H groups in total. The molecule has 0 radical (unpaired) electrons. The maximum absolute atomic E-state index is 11.7. The van der Waals surface area contributed by atoms with Crippen molar-refractivity contribution in [2.45, 2.75) is 27.2 Å². The summed E-state index contributed by atoms with van der Waals surface area (Å²) in [5.41, 5.74) is 3.28. The maximum Gasteiger partial charge on any atom is 0.257 e. The Hall–Kier alpha value is -1.88. The number of aromatic nitrogens is 1. The Morgan fingerprint density at radius 2 is 1.95 bits per heavy atom. The molecule has 4 nitrogen and oxygen atoms in total. The predicted molar refractivity (Wildman–Crippen MR) is 85.0 cm³/mol. The van der Waals surface area contributed by atoms with Gasteiger partial charge in [0.05, 0.1) is 10.7 Å². The average molecular weight is 304 g/mol. The molecule has 0 spiro atoms. The normalized spacial score (nSPS) is 10.4. The number of amides is 1. The standard InChI is InChI=1S/C16H20N2O2S/c1-11-6-12(2)8-15(7-11)20-9-16(19)17-5-4-14-10-21-13(3)18-14/h6-8,10H,4-5,9H2,1-3H3,(H,17,19). The molecule has 0 saturated heterocycles. The minimum Gasteiger partial charge on any atom is -0.484 e. The molecule has 0 bridgehead atoms. The number of carbonyl (C=O) groups is 1. The molecule has 1 heterocycles. The molecule has 1 aromatic carbocycles. The molecule has 2 aromatic rings. The predicted octanol–water partition coefficient (Wildman–Crippen LogP) is 2.81. The highest BCUT2D eigenvalue weighted by molar-refractivity contribution is 7.09. The number of benzene rings is 1. The molecule has 0 unspecified atom stereocenters. The van der Waals surface area contributed by atoms with Crippen molar-refractivity contribution in [1.82, 2.24) is 10.3 Å². The van der Waals surface area contributed by atoms with Crippen LogP contribution in [-0.4, -0.2) is 24.0 Å². The van der Waals surface area contributed by atoms with Crippen LogP contribution in [0, 0.1) is 20.8 Å². The first-order valence-electron chi connectivity index (χ1n) is 6.92. The Balaban J connectivity index is 1.72. The fourth-order valence-electron chi connectivity index (χ4n) is 2.07. The van der Waals surface area contributed by atoms with Crippen LogP contribution in [0.5, 0.6) is 5.75 Å². The van der Waals surface area contributed by atoms with Gasteiger partial charge >= 0.3 is 0 Å². The summed E-state index contributed by atoms with van der Waals surface area (Å²) in [5.74, 6) is 0.624. The zero-order chi connectivity index (χ0) is 15.2. The third-order valence-corrected chi connectivity index (χ3v) is 3.76. The molecule has 1 amide bonds. The van der Waals surface area contributed by atoms with Crippen LogP contribution in [0.15, 0.2) is 23.6 Å². The maximum atomic E-state index is 11.7. The summed E-state index contributed by atoms with van der Waals surface area (Å²) in [6.45, 7) is 6.62. The molecule has 21 heavy (non-hydrogen) atoms. The Bertz CT molecular complexity index is 602. The van der Waals surface area contributed by atoms with Crippen LogP contribution in [0.2, 0.25) is 0 Å². The molecule has 0 fully saturated rings. The lowest BCUT2D eigenvalue weighted by Crippen LogP contribution is -2.30. The Kier molecular flexibility index (Phi) is 5.33. The number of ether oxygens (including phenoxy) is 1. The smallest absolute Gasteiger partial charge is 0.257 e. The first-order valence-corrected chi connectivity index (χ1v) is 7.80. The van der Waals surface area contributed by atoms with Gasteiger partial charge in [0.2, 0.25) is 0 Å². The van der Waals surface area contributed by atoms with Crippen molar-refractivity contribution in [2.24, 2.45) is 0 Å². The van der Waals surface area contributed by atoms with Gasteiger partial charge in [0, 0.05) is 18.3 Å². The van der Waals surface area contributed by atoms with Gasteiger partial charge in [-0.3, -0.25) is 4.79 Å². The monoisotopic (exact) mass is 304 g/mol. The highest BCUT2D eigenvalue weighted by atomic mass is 32.1. The van der Waals surface area contributed by atoms with Crippen LogP contribution < -0.4 is 10.1 Å². The minimum absolute atomic E-state index is 0.0407. The topological polar surface area (TPSA) is 51.2 Å². The molecule has 0 saturated carbocycles. The Labute approximate surface area is 129 Å². The molecule has 0 aliphatic rings. The second-order valence-electron chi connectivity index (χ2n) is 5.07. The van der Waals surface area contributed by atoms with Crippen LogP contribution in [0.1, 0.15) is 21.8 Å². The lowest BCUT2D eigenvalue weighted by atomic mass is 10.1. The number of nitrogens with one attached hydrogen (secondary N) is 1. The van der Waals surface area contributed by atoms with Gasteiger partial charge in [-0.2, -0.15) is 0 Å². The van der Waals surface area contributed by atoms with Gasteiger partial charge in [-0.25, -0.2) is 4.98 Å². The van der Waals surface area contributed by atoms with Crippen molar-refractivity contribution in [3.63, 3.8) is 0 Å². The Morgan fingerprint density at radius 1 is 1.24 bits per heavy atom. The van der Waals surface area contributed by atoms with Crippen LogP contribution >= 0.6 is 11.3 Å². The number of thiazole rings is 1. The molecular weight excluding hydrogens is 284 g/mol. The van der Waals surface area contributed by atoms with E-state index in [0.29, 0.717) is 6.54 Å². The van der Waals surface area contributed by atoms with E-state index in [1.54, 1.807) is 11.3 Å². The van der Waals surface area contributed by atoms with Crippen LogP contribution in [-0.2, 0) is 11.2 Å². The van der Waals surface area contributed by atoms with Crippen molar-refractivity contribution in [3.8, 4) is 5.75 Å². The number of hydrogen-bond donors (Lipinski definition) is 1. The van der Waals surface area contributed by atoms with E-state index < -0.39 is 0 Å². The van der Waals surface area contributed by atoms with Crippen molar-refractivity contribution in [1.29, 1.82) is 0 Å². The third kappa shape index (κ3) is 5.19. The van der Waals surface area contributed by atoms with E-state index in [1.165, 1.54) is 0 Å². The lowest BCUT2D eigenvalue weighted by molar-refractivity contribution is -0.123. The summed E-state index contributed by atoms with van der Waals surface area (Å²) >= 11 is 1.62. The molecule has 1 aromatic heterocycles. The summed E-state index contributed by atoms with van der Waals surface area (Å²) in [6.07, 6.45) is 0.750. The fourth-order valence-corrected chi connectivity index (χ4v) is 2.72. The number of aryl methyl sites for hydroxylation is 3. The summed E-state index contributed by atoms with van der Waals surface area (Å²) in [4.78, 5) is 16.1. The van der Waals surface area contributed by atoms with Crippen molar-refractivity contribution >= 4 is 17.2 Å². The van der Waals surface area contributed by atoms with Crippen LogP contribution in [0.3, 0.4) is 0 Å². The summed E-state index contributed by atoms with van der Waals surface area (Å²) < 4.78 is 5.51. The van der Waals surface area contributed by atoms with Gasteiger partial charge in [-0.15, -0.1) is 11.3 Å². The molecular formula is C16H20N2O2S. The molecule has 5 heteroatoms. The molecule has 0 aliphatic heterocycles. The van der Waals surface area contributed by atoms with E-state index in [2.05, 4.69) is 16.4 Å². The van der Waals surface area contributed by atoms with E-state index in [9.17, 15) is 4.79 Å². The van der Waals surface area contributed by atoms with E-state index in [1.807, 2.05) is 38.3 Å². The van der Waals surface area contributed by atoms with Crippen molar-refractivity contribution in [3.05, 3.63) is 45.4 Å². The molecule has 112 valence electrons. The quantitative estimate of drug-likeness (QED) is 0.893. The largest absolute Gasteiger partial charge is 0.484 e. The zero-order valence-corrected chi connectivity index (χ0v) is 13.4. The zero-order valence-electron chi connectivity index (χ0n) is 12.6. The molecule has 2 rings (SSSR count). The van der Waals surface area contributed by atoms with Gasteiger partial charge in [0.15, 0.2) is 6.61 Å². The second-order valence-corrected chi connectivity index (χ2v) is 6.13. The van der Waals surface area contributed by atoms with Crippen LogP contribution in [0.25, 0.3) is 0 Å². The number of hydrogen-bond acceptors (Lipinski definition) is 4. The first-order chi connectivity index (χ1) is 10.0. The van der Waals surface area contributed by atoms with E-state index in [-0.39, 0.29) is 12.5 Å². The molecule has 0 atom stereocenters. The highest BCUT2D eigenvalue weighted by Gasteiger charge is 2.04. The highest BCUT2D eigenvalue weighted by Crippen LogP contribution is 2.15. The summed E-state index contributed by atoms with van der Waals surface area (Å²) in [5, 5.41) is 5.91. The number of rotatable bonds is 6. The van der Waals surface area contributed by atoms with E-state index >= 15 is 0 Å². The number of carbonyl (C=O) groups excluding carboxylic acids is 1. The first kappa shape index (κ1) is 15.5. The summed E-state index contributed by atoms with van der Waals surface area (Å²) in [6, 6.07) is 5.93. The Morgan fingerprint density at radius 3 is 2.57 bits per heavy atom. The van der Waals surface area contributed by atoms with E-state index in [0.717, 1.165) is 34.0 Å². The SMILES string of the molecule is Cc1cc(C)cc(OCC(=O)NCCc2csc(C)n2)c1.